The zero-order chi connectivity index (χ0) is 14.5. The molecule has 116 valence electrons. The normalized spacial score (nSPS) is 24.1. The Morgan fingerprint density at radius 3 is 2.62 bits per heavy atom. The van der Waals surface area contributed by atoms with Gasteiger partial charge in [0.05, 0.1) is 18.3 Å². The smallest absolute Gasteiger partial charge is 0.119 e. The van der Waals surface area contributed by atoms with Crippen LogP contribution in [0.15, 0.2) is 24.3 Å². The lowest BCUT2D eigenvalue weighted by Gasteiger charge is -2.33. The van der Waals surface area contributed by atoms with Gasteiger partial charge in [-0.3, -0.25) is 0 Å². The average Bonchev–Trinajstić information content (AvgIpc) is 2.90. The Morgan fingerprint density at radius 2 is 1.90 bits per heavy atom. The second kappa shape index (κ2) is 6.69. The molecule has 1 aliphatic carbocycles. The molecule has 3 rings (SSSR count). The van der Waals surface area contributed by atoms with E-state index in [0.29, 0.717) is 12.7 Å². The zero-order valence-electron chi connectivity index (χ0n) is 13.1. The van der Waals surface area contributed by atoms with E-state index >= 15 is 0 Å². The highest BCUT2D eigenvalue weighted by molar-refractivity contribution is 5.46. The van der Waals surface area contributed by atoms with Crippen LogP contribution in [0.4, 0.5) is 5.69 Å². The first kappa shape index (κ1) is 14.7. The summed E-state index contributed by atoms with van der Waals surface area (Å²) >= 11 is 0. The van der Waals surface area contributed by atoms with Crippen molar-refractivity contribution in [3.05, 3.63) is 24.3 Å². The molecule has 3 nitrogen and oxygen atoms in total. The molecule has 3 heteroatoms. The molecule has 1 N–H and O–H groups in total. The van der Waals surface area contributed by atoms with E-state index in [-0.39, 0.29) is 5.60 Å². The predicted molar refractivity (Wildman–Crippen MR) is 86.0 cm³/mol. The summed E-state index contributed by atoms with van der Waals surface area (Å²) in [5.74, 6) is 0.932. The summed E-state index contributed by atoms with van der Waals surface area (Å²) in [5, 5.41) is 3.50. The van der Waals surface area contributed by atoms with Gasteiger partial charge in [0, 0.05) is 12.2 Å². The fourth-order valence-electron chi connectivity index (χ4n) is 3.67. The lowest BCUT2D eigenvalue weighted by atomic mass is 9.83. The molecule has 0 radical (unpaired) electrons. The minimum atomic E-state index is 0.226. The fraction of sp³-hybridized carbons (Fsp3) is 0.667. The lowest BCUT2D eigenvalue weighted by Crippen LogP contribution is -2.33. The first-order valence-electron chi connectivity index (χ1n) is 8.44. The summed E-state index contributed by atoms with van der Waals surface area (Å²) in [6.07, 6.45) is 9.44. The first-order chi connectivity index (χ1) is 10.3. The maximum atomic E-state index is 6.39. The van der Waals surface area contributed by atoms with Crippen LogP contribution in [0.25, 0.3) is 0 Å². The molecule has 0 aromatic heterocycles. The Bertz CT molecular complexity index is 437. The summed E-state index contributed by atoms with van der Waals surface area (Å²) in [6.45, 7) is 3.63. The van der Waals surface area contributed by atoms with Crippen molar-refractivity contribution >= 4 is 5.69 Å². The van der Waals surface area contributed by atoms with Gasteiger partial charge in [0.2, 0.25) is 0 Å². The van der Waals surface area contributed by atoms with Gasteiger partial charge in [-0.2, -0.15) is 0 Å². The Kier molecular flexibility index (Phi) is 4.69. The van der Waals surface area contributed by atoms with Crippen molar-refractivity contribution in [3.63, 3.8) is 0 Å². The van der Waals surface area contributed by atoms with Crippen LogP contribution in [0.5, 0.6) is 5.75 Å². The van der Waals surface area contributed by atoms with Crippen molar-refractivity contribution < 1.29 is 9.47 Å². The van der Waals surface area contributed by atoms with Crippen LogP contribution in [0.2, 0.25) is 0 Å². The van der Waals surface area contributed by atoms with E-state index in [1.807, 2.05) is 19.1 Å². The van der Waals surface area contributed by atoms with Crippen LogP contribution in [0.3, 0.4) is 0 Å². The summed E-state index contributed by atoms with van der Waals surface area (Å²) in [6, 6.07) is 8.20. The van der Waals surface area contributed by atoms with Crippen LogP contribution < -0.4 is 10.1 Å². The molecule has 0 amide bonds. The number of ether oxygens (including phenoxy) is 2. The molecule has 1 aliphatic heterocycles. The molecule has 1 aromatic carbocycles. The van der Waals surface area contributed by atoms with Gasteiger partial charge in [-0.25, -0.2) is 0 Å². The van der Waals surface area contributed by atoms with E-state index < -0.39 is 0 Å². The Hall–Kier alpha value is -1.22. The van der Waals surface area contributed by atoms with E-state index in [1.54, 1.807) is 0 Å². The third-order valence-corrected chi connectivity index (χ3v) is 4.80. The third-order valence-electron chi connectivity index (χ3n) is 4.80. The maximum absolute atomic E-state index is 6.39. The maximum Gasteiger partial charge on any atom is 0.119 e. The van der Waals surface area contributed by atoms with Gasteiger partial charge in [-0.05, 0) is 56.9 Å². The third kappa shape index (κ3) is 3.70. The van der Waals surface area contributed by atoms with E-state index in [1.165, 1.54) is 44.9 Å². The van der Waals surface area contributed by atoms with Crippen molar-refractivity contribution in [3.8, 4) is 5.75 Å². The standard InChI is InChI=1S/C18H27NO2/c1-2-20-16-8-6-15(7-9-16)19-14-17-10-13-18(21-17)11-4-3-5-12-18/h6-9,17,19H,2-5,10-14H2,1H3. The number of hydrogen-bond acceptors (Lipinski definition) is 3. The highest BCUT2D eigenvalue weighted by atomic mass is 16.5. The molecule has 1 aromatic rings. The van der Waals surface area contributed by atoms with Crippen LogP contribution in [-0.2, 0) is 4.74 Å². The fourth-order valence-corrected chi connectivity index (χ4v) is 3.67. The van der Waals surface area contributed by atoms with Crippen LogP contribution >= 0.6 is 0 Å². The Labute approximate surface area is 128 Å². The molecule has 1 heterocycles. The van der Waals surface area contributed by atoms with Gasteiger partial charge in [-0.15, -0.1) is 0 Å². The second-order valence-corrected chi connectivity index (χ2v) is 6.36. The summed E-state index contributed by atoms with van der Waals surface area (Å²) in [7, 11) is 0. The van der Waals surface area contributed by atoms with Crippen LogP contribution in [0, 0.1) is 0 Å². The van der Waals surface area contributed by atoms with Gasteiger partial charge in [0.15, 0.2) is 0 Å². The monoisotopic (exact) mass is 289 g/mol. The molecule has 0 bridgehead atoms. The molecule has 2 fully saturated rings. The molecule has 1 saturated heterocycles. The molecule has 1 atom stereocenters. The van der Waals surface area contributed by atoms with Gasteiger partial charge in [-0.1, -0.05) is 19.3 Å². The molecule has 21 heavy (non-hydrogen) atoms. The van der Waals surface area contributed by atoms with Crippen molar-refractivity contribution in [2.24, 2.45) is 0 Å². The summed E-state index contributed by atoms with van der Waals surface area (Å²) < 4.78 is 11.8. The predicted octanol–water partition coefficient (Wildman–Crippen LogP) is 4.38. The Balaban J connectivity index is 1.47. The molecule has 1 saturated carbocycles. The van der Waals surface area contributed by atoms with E-state index in [0.717, 1.165) is 18.0 Å². The largest absolute Gasteiger partial charge is 0.494 e. The highest BCUT2D eigenvalue weighted by Gasteiger charge is 2.40. The van der Waals surface area contributed by atoms with Gasteiger partial charge in [0.25, 0.3) is 0 Å². The molecule has 1 unspecified atom stereocenters. The van der Waals surface area contributed by atoms with E-state index in [2.05, 4.69) is 17.4 Å². The van der Waals surface area contributed by atoms with Crippen molar-refractivity contribution in [1.82, 2.24) is 0 Å². The molecular weight excluding hydrogens is 262 g/mol. The molecule has 1 spiro atoms. The van der Waals surface area contributed by atoms with Crippen LogP contribution in [-0.4, -0.2) is 24.9 Å². The SMILES string of the molecule is CCOc1ccc(NCC2CCC3(CCCCC3)O2)cc1. The summed E-state index contributed by atoms with van der Waals surface area (Å²) in [4.78, 5) is 0. The lowest BCUT2D eigenvalue weighted by molar-refractivity contribution is -0.0588. The number of nitrogens with one attached hydrogen (secondary N) is 1. The van der Waals surface area contributed by atoms with Crippen LogP contribution in [0.1, 0.15) is 51.9 Å². The number of hydrogen-bond donors (Lipinski definition) is 1. The van der Waals surface area contributed by atoms with Crippen molar-refractivity contribution in [1.29, 1.82) is 0 Å². The zero-order valence-corrected chi connectivity index (χ0v) is 13.1. The number of rotatable bonds is 5. The Morgan fingerprint density at radius 1 is 1.14 bits per heavy atom. The minimum Gasteiger partial charge on any atom is -0.494 e. The number of anilines is 1. The average molecular weight is 289 g/mol. The van der Waals surface area contributed by atoms with Gasteiger partial charge in [0.1, 0.15) is 5.75 Å². The highest BCUT2D eigenvalue weighted by Crippen LogP contribution is 2.41. The second-order valence-electron chi connectivity index (χ2n) is 6.36. The minimum absolute atomic E-state index is 0.226. The van der Waals surface area contributed by atoms with Gasteiger partial charge >= 0.3 is 0 Å². The van der Waals surface area contributed by atoms with E-state index in [9.17, 15) is 0 Å². The first-order valence-corrected chi connectivity index (χ1v) is 8.44. The number of benzene rings is 1. The van der Waals surface area contributed by atoms with E-state index in [4.69, 9.17) is 9.47 Å². The quantitative estimate of drug-likeness (QED) is 0.872. The van der Waals surface area contributed by atoms with Crippen molar-refractivity contribution in [2.75, 3.05) is 18.5 Å². The molecule has 2 aliphatic rings. The van der Waals surface area contributed by atoms with Gasteiger partial charge < -0.3 is 14.8 Å². The topological polar surface area (TPSA) is 30.5 Å². The van der Waals surface area contributed by atoms with Crippen molar-refractivity contribution in [2.45, 2.75) is 63.6 Å². The summed E-state index contributed by atoms with van der Waals surface area (Å²) in [5.41, 5.74) is 1.37. The molecular formula is C18H27NO2.